The van der Waals surface area contributed by atoms with E-state index in [1.807, 2.05) is 0 Å². The van der Waals surface area contributed by atoms with E-state index in [1.165, 1.54) is 14.1 Å². The first-order valence-corrected chi connectivity index (χ1v) is 6.90. The van der Waals surface area contributed by atoms with Crippen LogP contribution < -0.4 is 0 Å². The molecule has 2 amide bonds. The highest BCUT2D eigenvalue weighted by molar-refractivity contribution is 9.09. The molecule has 8 heteroatoms. The minimum Gasteiger partial charge on any atom is -0.347 e. The summed E-state index contributed by atoms with van der Waals surface area (Å²) in [5.41, 5.74) is 0. The number of halogens is 4. The van der Waals surface area contributed by atoms with Crippen LogP contribution in [0.2, 0.25) is 0 Å². The quantitative estimate of drug-likeness (QED) is 0.522. The standard InChI is InChI=1S/C11H18BrF3N2O2/c1-16(2)10(19)7-17(8-11(13,14)15)9(18)5-3-4-6-12/h3-8H2,1-2H3. The van der Waals surface area contributed by atoms with Gasteiger partial charge in [-0.1, -0.05) is 15.9 Å². The molecule has 0 rings (SSSR count). The van der Waals surface area contributed by atoms with Gasteiger partial charge in [0, 0.05) is 25.8 Å². The van der Waals surface area contributed by atoms with Crippen LogP contribution in [-0.4, -0.2) is 60.3 Å². The van der Waals surface area contributed by atoms with E-state index in [1.54, 1.807) is 0 Å². The Bertz CT molecular complexity index is 309. The van der Waals surface area contributed by atoms with Gasteiger partial charge in [0.05, 0.1) is 0 Å². The lowest BCUT2D eigenvalue weighted by molar-refractivity contribution is -0.164. The molecule has 0 saturated carbocycles. The van der Waals surface area contributed by atoms with Gasteiger partial charge in [-0.25, -0.2) is 0 Å². The van der Waals surface area contributed by atoms with Crippen LogP contribution in [0.4, 0.5) is 13.2 Å². The molecule has 0 aliphatic rings. The largest absolute Gasteiger partial charge is 0.406 e. The molecule has 0 bridgehead atoms. The fourth-order valence-electron chi connectivity index (χ4n) is 1.28. The number of likely N-dealkylation sites (N-methyl/N-ethyl adjacent to an activating group) is 1. The molecule has 0 aromatic carbocycles. The molecule has 0 aliphatic carbocycles. The fourth-order valence-corrected chi connectivity index (χ4v) is 1.68. The Morgan fingerprint density at radius 2 is 1.68 bits per heavy atom. The van der Waals surface area contributed by atoms with E-state index in [2.05, 4.69) is 15.9 Å². The van der Waals surface area contributed by atoms with Gasteiger partial charge in [0.15, 0.2) is 0 Å². The van der Waals surface area contributed by atoms with E-state index in [0.717, 1.165) is 4.90 Å². The Hall–Kier alpha value is -0.790. The van der Waals surface area contributed by atoms with E-state index in [9.17, 15) is 22.8 Å². The number of hydrogen-bond donors (Lipinski definition) is 0. The Labute approximate surface area is 119 Å². The molecule has 0 spiro atoms. The van der Waals surface area contributed by atoms with E-state index >= 15 is 0 Å². The molecule has 0 radical (unpaired) electrons. The molecular formula is C11H18BrF3N2O2. The van der Waals surface area contributed by atoms with Crippen molar-refractivity contribution in [2.45, 2.75) is 25.4 Å². The maximum absolute atomic E-state index is 12.4. The average Bonchev–Trinajstić information content (AvgIpc) is 2.26. The monoisotopic (exact) mass is 346 g/mol. The third-order valence-corrected chi connectivity index (χ3v) is 2.88. The van der Waals surface area contributed by atoms with E-state index in [-0.39, 0.29) is 6.42 Å². The summed E-state index contributed by atoms with van der Waals surface area (Å²) in [6.45, 7) is -1.93. The van der Waals surface area contributed by atoms with Crippen molar-refractivity contribution in [2.75, 3.05) is 32.5 Å². The highest BCUT2D eigenvalue weighted by Gasteiger charge is 2.33. The normalized spacial score (nSPS) is 11.3. The number of unbranched alkanes of at least 4 members (excludes halogenated alkanes) is 1. The molecule has 4 nitrogen and oxygen atoms in total. The number of carbonyl (C=O) groups excluding carboxylic acids is 2. The van der Waals surface area contributed by atoms with E-state index < -0.39 is 31.1 Å². The molecule has 0 heterocycles. The Morgan fingerprint density at radius 3 is 2.11 bits per heavy atom. The van der Waals surface area contributed by atoms with Crippen molar-refractivity contribution in [3.05, 3.63) is 0 Å². The summed E-state index contributed by atoms with van der Waals surface area (Å²) >= 11 is 3.18. The predicted octanol–water partition coefficient (Wildman–Crippen LogP) is 2.03. The highest BCUT2D eigenvalue weighted by atomic mass is 79.9. The van der Waals surface area contributed by atoms with Crippen LogP contribution >= 0.6 is 15.9 Å². The van der Waals surface area contributed by atoms with Crippen molar-refractivity contribution >= 4 is 27.7 Å². The molecule has 0 unspecified atom stereocenters. The van der Waals surface area contributed by atoms with Gasteiger partial charge in [-0.3, -0.25) is 9.59 Å². The number of hydrogen-bond acceptors (Lipinski definition) is 2. The van der Waals surface area contributed by atoms with E-state index in [0.29, 0.717) is 23.1 Å². The topological polar surface area (TPSA) is 40.6 Å². The maximum atomic E-state index is 12.4. The average molecular weight is 347 g/mol. The van der Waals surface area contributed by atoms with Crippen molar-refractivity contribution in [3.63, 3.8) is 0 Å². The molecule has 0 N–H and O–H groups in total. The molecule has 19 heavy (non-hydrogen) atoms. The SMILES string of the molecule is CN(C)C(=O)CN(CC(F)(F)F)C(=O)CCCCBr. The van der Waals surface area contributed by atoms with Gasteiger partial charge < -0.3 is 9.80 Å². The van der Waals surface area contributed by atoms with Gasteiger partial charge in [-0.2, -0.15) is 13.2 Å². The molecule has 0 aliphatic heterocycles. The number of amides is 2. The van der Waals surface area contributed by atoms with Crippen molar-refractivity contribution in [1.29, 1.82) is 0 Å². The van der Waals surface area contributed by atoms with Crippen LogP contribution in [0.15, 0.2) is 0 Å². The molecule has 0 fully saturated rings. The van der Waals surface area contributed by atoms with Crippen LogP contribution in [0.5, 0.6) is 0 Å². The first kappa shape index (κ1) is 18.2. The van der Waals surface area contributed by atoms with Crippen molar-refractivity contribution in [3.8, 4) is 0 Å². The second-order valence-corrected chi connectivity index (χ2v) is 5.09. The summed E-state index contributed by atoms with van der Waals surface area (Å²) in [5, 5.41) is 0.691. The van der Waals surface area contributed by atoms with E-state index in [4.69, 9.17) is 0 Å². The van der Waals surface area contributed by atoms with Gasteiger partial charge >= 0.3 is 6.18 Å². The second kappa shape index (κ2) is 8.39. The lowest BCUT2D eigenvalue weighted by atomic mass is 10.2. The van der Waals surface area contributed by atoms with Gasteiger partial charge in [0.1, 0.15) is 13.1 Å². The van der Waals surface area contributed by atoms with Gasteiger partial charge in [0.25, 0.3) is 0 Å². The summed E-state index contributed by atoms with van der Waals surface area (Å²) < 4.78 is 37.1. The van der Waals surface area contributed by atoms with Crippen LogP contribution in [0.3, 0.4) is 0 Å². The minimum absolute atomic E-state index is 0.0163. The van der Waals surface area contributed by atoms with Crippen LogP contribution in [0.1, 0.15) is 19.3 Å². The summed E-state index contributed by atoms with van der Waals surface area (Å²) in [7, 11) is 2.87. The third kappa shape index (κ3) is 8.85. The summed E-state index contributed by atoms with van der Waals surface area (Å²) in [6, 6.07) is 0. The first-order chi connectivity index (χ1) is 8.67. The van der Waals surface area contributed by atoms with Crippen LogP contribution in [0.25, 0.3) is 0 Å². The zero-order valence-corrected chi connectivity index (χ0v) is 12.6. The van der Waals surface area contributed by atoms with Crippen LogP contribution in [0, 0.1) is 0 Å². The maximum Gasteiger partial charge on any atom is 0.406 e. The zero-order chi connectivity index (χ0) is 15.1. The summed E-state index contributed by atoms with van der Waals surface area (Å²) in [4.78, 5) is 24.9. The number of carbonyl (C=O) groups is 2. The molecule has 0 atom stereocenters. The van der Waals surface area contributed by atoms with Crippen molar-refractivity contribution < 1.29 is 22.8 Å². The summed E-state index contributed by atoms with van der Waals surface area (Å²) in [6.07, 6.45) is -3.29. The van der Waals surface area contributed by atoms with Crippen molar-refractivity contribution in [2.24, 2.45) is 0 Å². The highest BCUT2D eigenvalue weighted by Crippen LogP contribution is 2.17. The lowest BCUT2D eigenvalue weighted by Crippen LogP contribution is -2.44. The molecule has 0 aromatic rings. The molecule has 0 aromatic heterocycles. The second-order valence-electron chi connectivity index (χ2n) is 4.30. The number of alkyl halides is 4. The van der Waals surface area contributed by atoms with Crippen molar-refractivity contribution in [1.82, 2.24) is 9.80 Å². The van der Waals surface area contributed by atoms with Crippen LogP contribution in [-0.2, 0) is 9.59 Å². The fraction of sp³-hybridized carbons (Fsp3) is 0.818. The predicted molar refractivity (Wildman–Crippen MR) is 69.0 cm³/mol. The van der Waals surface area contributed by atoms with Gasteiger partial charge in [-0.05, 0) is 12.8 Å². The number of rotatable bonds is 7. The summed E-state index contributed by atoms with van der Waals surface area (Å²) in [5.74, 6) is -1.17. The molecule has 112 valence electrons. The Kier molecular flexibility index (Phi) is 8.05. The van der Waals surface area contributed by atoms with Gasteiger partial charge in [0.2, 0.25) is 11.8 Å². The zero-order valence-electron chi connectivity index (χ0n) is 11.0. The number of nitrogens with zero attached hydrogens (tertiary/aromatic N) is 2. The molecular weight excluding hydrogens is 329 g/mol. The first-order valence-electron chi connectivity index (χ1n) is 5.78. The molecule has 0 saturated heterocycles. The Morgan fingerprint density at radius 1 is 1.11 bits per heavy atom. The van der Waals surface area contributed by atoms with Gasteiger partial charge in [-0.15, -0.1) is 0 Å². The lowest BCUT2D eigenvalue weighted by Gasteiger charge is -2.24. The minimum atomic E-state index is -4.50. The Balaban J connectivity index is 4.57. The smallest absolute Gasteiger partial charge is 0.347 e. The third-order valence-electron chi connectivity index (χ3n) is 2.32.